The van der Waals surface area contributed by atoms with Gasteiger partial charge in [0.2, 0.25) is 0 Å². The SMILES string of the molecule is Cn1c(=O)n2n(c1=O)[C@@H]1C=C[C@H]2[C@]23COC[C@]12[C@@H]1CC[C@H]3C=N1. The Morgan fingerprint density at radius 2 is 1.74 bits per heavy atom. The molecule has 23 heavy (non-hydrogen) atoms. The third-order valence-corrected chi connectivity index (χ3v) is 7.26. The predicted octanol–water partition coefficient (Wildman–Crippen LogP) is -0.120. The minimum atomic E-state index is -0.227. The zero-order chi connectivity index (χ0) is 15.6. The van der Waals surface area contributed by atoms with Crippen LogP contribution in [-0.2, 0) is 11.8 Å². The van der Waals surface area contributed by atoms with Gasteiger partial charge in [0.15, 0.2) is 0 Å². The van der Waals surface area contributed by atoms with Crippen LogP contribution in [0.15, 0.2) is 26.7 Å². The van der Waals surface area contributed by atoms with Gasteiger partial charge in [-0.2, -0.15) is 0 Å². The molecule has 7 heteroatoms. The van der Waals surface area contributed by atoms with Crippen LogP contribution in [0.4, 0.5) is 0 Å². The Hall–Kier alpha value is -1.89. The molecule has 7 aliphatic rings. The summed E-state index contributed by atoms with van der Waals surface area (Å²) in [5.74, 6) is 0.323. The molecule has 0 spiro atoms. The first kappa shape index (κ1) is 12.5. The lowest BCUT2D eigenvalue weighted by Crippen LogP contribution is -2.71. The van der Waals surface area contributed by atoms with Gasteiger partial charge >= 0.3 is 11.4 Å². The number of aliphatic imine (C=N–C) groups is 1. The summed E-state index contributed by atoms with van der Waals surface area (Å²) >= 11 is 0. The zero-order valence-electron chi connectivity index (χ0n) is 12.9. The van der Waals surface area contributed by atoms with Gasteiger partial charge in [-0.05, 0) is 12.8 Å². The molecule has 8 rings (SSSR count). The van der Waals surface area contributed by atoms with Crippen molar-refractivity contribution in [1.82, 2.24) is 13.9 Å². The van der Waals surface area contributed by atoms with Crippen LogP contribution in [0.2, 0.25) is 0 Å². The summed E-state index contributed by atoms with van der Waals surface area (Å²) in [4.78, 5) is 30.2. The lowest BCUT2D eigenvalue weighted by molar-refractivity contribution is -0.121. The van der Waals surface area contributed by atoms with Gasteiger partial charge < -0.3 is 4.74 Å². The molecular weight excluding hydrogens is 296 g/mol. The van der Waals surface area contributed by atoms with Crippen molar-refractivity contribution in [3.63, 3.8) is 0 Å². The molecule has 0 N–H and O–H groups in total. The fourth-order valence-corrected chi connectivity index (χ4v) is 6.36. The first-order valence-electron chi connectivity index (χ1n) is 8.32. The molecule has 2 aliphatic carbocycles. The molecule has 7 nitrogen and oxygen atoms in total. The number of rotatable bonds is 0. The minimum Gasteiger partial charge on any atom is -0.380 e. The number of hydrogen-bond acceptors (Lipinski definition) is 4. The smallest absolute Gasteiger partial charge is 0.347 e. The summed E-state index contributed by atoms with van der Waals surface area (Å²) in [5.41, 5.74) is -0.756. The van der Waals surface area contributed by atoms with E-state index in [9.17, 15) is 9.59 Å². The van der Waals surface area contributed by atoms with E-state index in [1.54, 1.807) is 16.4 Å². The Morgan fingerprint density at radius 3 is 2.39 bits per heavy atom. The number of allylic oxidation sites excluding steroid dienone is 2. The van der Waals surface area contributed by atoms with Crippen molar-refractivity contribution < 1.29 is 4.74 Å². The van der Waals surface area contributed by atoms with E-state index in [4.69, 9.17) is 9.73 Å². The molecular formula is C16H18N4O3. The minimum absolute atomic E-state index is 0.115. The Labute approximate surface area is 131 Å². The summed E-state index contributed by atoms with van der Waals surface area (Å²) in [6.07, 6.45) is 8.50. The van der Waals surface area contributed by atoms with E-state index in [-0.39, 0.29) is 40.3 Å². The second-order valence-corrected chi connectivity index (χ2v) is 7.66. The summed E-state index contributed by atoms with van der Waals surface area (Å²) in [6, 6.07) is -0.0685. The number of nitrogens with zero attached hydrogens (tertiary/aromatic N) is 4. The summed E-state index contributed by atoms with van der Waals surface area (Å²) in [5, 5.41) is 0. The molecule has 1 aromatic heterocycles. The van der Waals surface area contributed by atoms with Crippen molar-refractivity contribution in [3.05, 3.63) is 33.1 Å². The monoisotopic (exact) mass is 314 g/mol. The maximum atomic E-state index is 12.7. The third-order valence-electron chi connectivity index (χ3n) is 7.26. The largest absolute Gasteiger partial charge is 0.380 e. The molecule has 5 aliphatic heterocycles. The number of fused-ring (bicyclic) bond motifs is 1. The van der Waals surface area contributed by atoms with Gasteiger partial charge in [-0.25, -0.2) is 23.5 Å². The molecule has 0 radical (unpaired) electrons. The fraction of sp³-hybridized carbons (Fsp3) is 0.688. The number of ether oxygens (including phenoxy) is 1. The van der Waals surface area contributed by atoms with E-state index in [2.05, 4.69) is 18.4 Å². The molecule has 2 fully saturated rings. The maximum Gasteiger partial charge on any atom is 0.347 e. The molecule has 6 atom stereocenters. The van der Waals surface area contributed by atoms with Crippen molar-refractivity contribution in [2.45, 2.75) is 31.0 Å². The lowest BCUT2D eigenvalue weighted by Gasteiger charge is -2.65. The van der Waals surface area contributed by atoms with Crippen LogP contribution in [0.5, 0.6) is 0 Å². The molecule has 4 bridgehead atoms. The lowest BCUT2D eigenvalue weighted by atomic mass is 9.43. The highest BCUT2D eigenvalue weighted by molar-refractivity contribution is 5.67. The van der Waals surface area contributed by atoms with Crippen LogP contribution in [0.1, 0.15) is 24.9 Å². The normalized spacial score (nSPS) is 47.7. The van der Waals surface area contributed by atoms with Crippen molar-refractivity contribution >= 4 is 6.21 Å². The van der Waals surface area contributed by atoms with Gasteiger partial charge in [0, 0.05) is 24.6 Å². The van der Waals surface area contributed by atoms with Crippen LogP contribution in [0, 0.1) is 16.7 Å². The highest BCUT2D eigenvalue weighted by atomic mass is 16.5. The Kier molecular flexibility index (Phi) is 1.88. The molecule has 1 aromatic rings. The Balaban J connectivity index is 1.77. The topological polar surface area (TPSA) is 70.5 Å². The summed E-state index contributed by atoms with van der Waals surface area (Å²) < 4.78 is 10.6. The first-order chi connectivity index (χ1) is 11.1. The highest BCUT2D eigenvalue weighted by Gasteiger charge is 2.76. The Bertz CT molecular complexity index is 851. The fourth-order valence-electron chi connectivity index (χ4n) is 6.36. The van der Waals surface area contributed by atoms with E-state index in [0.717, 1.165) is 12.8 Å². The molecule has 120 valence electrons. The Morgan fingerprint density at radius 1 is 1.09 bits per heavy atom. The molecule has 6 heterocycles. The van der Waals surface area contributed by atoms with Gasteiger partial charge in [0.25, 0.3) is 0 Å². The van der Waals surface area contributed by atoms with Gasteiger partial charge in [-0.1, -0.05) is 12.2 Å². The van der Waals surface area contributed by atoms with Crippen LogP contribution >= 0.6 is 0 Å². The predicted molar refractivity (Wildman–Crippen MR) is 81.8 cm³/mol. The zero-order valence-corrected chi connectivity index (χ0v) is 12.9. The average Bonchev–Trinajstić information content (AvgIpc) is 3.14. The summed E-state index contributed by atoms with van der Waals surface area (Å²) in [6.45, 7) is 1.29. The standard InChI is InChI=1S/C16H18N4O3/c1-18-13(21)19-11-4-5-12(20(19)14(18)22)16-8-23-7-15(11,16)9-2-3-10(16)17-6-9/h4-6,9-12H,2-3,7-8H2,1H3/t9-,10-,11-,12+,15+,16-/m0/s1. The quantitative estimate of drug-likeness (QED) is 0.627. The third kappa shape index (κ3) is 0.978. The molecule has 0 aromatic carbocycles. The van der Waals surface area contributed by atoms with Crippen molar-refractivity contribution in [2.75, 3.05) is 13.2 Å². The van der Waals surface area contributed by atoms with E-state index < -0.39 is 0 Å². The van der Waals surface area contributed by atoms with Crippen LogP contribution < -0.4 is 11.4 Å². The van der Waals surface area contributed by atoms with Gasteiger partial charge in [0.1, 0.15) is 0 Å². The number of hydrogen-bond donors (Lipinski definition) is 0. The van der Waals surface area contributed by atoms with E-state index in [0.29, 0.717) is 19.1 Å². The van der Waals surface area contributed by atoms with Gasteiger partial charge in [0.05, 0.1) is 36.8 Å². The second-order valence-electron chi connectivity index (χ2n) is 7.66. The van der Waals surface area contributed by atoms with Crippen molar-refractivity contribution in [1.29, 1.82) is 0 Å². The molecule has 0 amide bonds. The van der Waals surface area contributed by atoms with Crippen LogP contribution in [0.3, 0.4) is 0 Å². The summed E-state index contributed by atoms with van der Waals surface area (Å²) in [7, 11) is 1.57. The van der Waals surface area contributed by atoms with Gasteiger partial charge in [-0.3, -0.25) is 4.99 Å². The van der Waals surface area contributed by atoms with E-state index in [1.165, 1.54) is 4.57 Å². The van der Waals surface area contributed by atoms with Crippen LogP contribution in [-0.4, -0.2) is 39.4 Å². The van der Waals surface area contributed by atoms with Crippen molar-refractivity contribution in [3.8, 4) is 0 Å². The van der Waals surface area contributed by atoms with Crippen LogP contribution in [0.25, 0.3) is 0 Å². The average molecular weight is 314 g/mol. The molecule has 1 saturated heterocycles. The highest BCUT2D eigenvalue weighted by Crippen LogP contribution is 2.72. The van der Waals surface area contributed by atoms with E-state index >= 15 is 0 Å². The van der Waals surface area contributed by atoms with E-state index in [1.807, 2.05) is 0 Å². The second kappa shape index (κ2) is 3.45. The molecule has 0 unspecified atom stereocenters. The number of aromatic nitrogens is 3. The molecule has 1 saturated carbocycles. The maximum absolute atomic E-state index is 12.7. The van der Waals surface area contributed by atoms with Crippen molar-refractivity contribution in [2.24, 2.45) is 28.8 Å². The first-order valence-corrected chi connectivity index (χ1v) is 8.32. The van der Waals surface area contributed by atoms with Gasteiger partial charge in [-0.15, -0.1) is 0 Å².